The third-order valence-corrected chi connectivity index (χ3v) is 3.73. The number of nitrogens with zero attached hydrogens (tertiary/aromatic N) is 2. The van der Waals surface area contributed by atoms with Crippen molar-refractivity contribution in [1.29, 1.82) is 0 Å². The second-order valence-electron chi connectivity index (χ2n) is 6.37. The van der Waals surface area contributed by atoms with Gasteiger partial charge in [-0.2, -0.15) is 0 Å². The zero-order valence-electron chi connectivity index (χ0n) is 12.5. The molecule has 0 saturated carbocycles. The molecule has 1 aliphatic rings. The van der Waals surface area contributed by atoms with Gasteiger partial charge in [-0.25, -0.2) is 4.98 Å². The molecule has 0 fully saturated rings. The van der Waals surface area contributed by atoms with Crippen LogP contribution in [-0.2, 0) is 5.41 Å². The molecule has 1 aliphatic heterocycles. The van der Waals surface area contributed by atoms with Gasteiger partial charge in [0.25, 0.3) is 5.91 Å². The van der Waals surface area contributed by atoms with Gasteiger partial charge in [-0.3, -0.25) is 4.79 Å². The summed E-state index contributed by atoms with van der Waals surface area (Å²) in [7, 11) is 0. The fourth-order valence-electron chi connectivity index (χ4n) is 2.14. The molecule has 0 unspecified atom stereocenters. The minimum absolute atomic E-state index is 0.0311. The van der Waals surface area contributed by atoms with E-state index in [9.17, 15) is 4.79 Å². The molecular formula is C16H21ClN2O. The third kappa shape index (κ3) is 3.40. The first-order valence-corrected chi connectivity index (χ1v) is 7.28. The maximum absolute atomic E-state index is 12.5. The Bertz CT molecular complexity index is 558. The van der Waals surface area contributed by atoms with Crippen molar-refractivity contribution in [2.24, 2.45) is 0 Å². The Kier molecular flexibility index (Phi) is 4.19. The van der Waals surface area contributed by atoms with E-state index in [4.69, 9.17) is 11.6 Å². The van der Waals surface area contributed by atoms with Gasteiger partial charge in [0, 0.05) is 29.8 Å². The molecule has 0 atom stereocenters. The normalized spacial score (nSPS) is 16.1. The molecule has 0 aromatic carbocycles. The van der Waals surface area contributed by atoms with Crippen LogP contribution in [0.4, 0.5) is 0 Å². The molecule has 2 rings (SSSR count). The number of rotatable bonds is 1. The molecular weight excluding hydrogens is 272 g/mol. The van der Waals surface area contributed by atoms with Crippen LogP contribution in [0.3, 0.4) is 0 Å². The van der Waals surface area contributed by atoms with Crippen LogP contribution in [0.25, 0.3) is 0 Å². The third-order valence-electron chi connectivity index (χ3n) is 3.53. The Labute approximate surface area is 125 Å². The van der Waals surface area contributed by atoms with Gasteiger partial charge in [-0.05, 0) is 25.5 Å². The number of hydrogen-bond donors (Lipinski definition) is 0. The van der Waals surface area contributed by atoms with E-state index >= 15 is 0 Å². The Morgan fingerprint density at radius 1 is 1.35 bits per heavy atom. The van der Waals surface area contributed by atoms with E-state index in [2.05, 4.69) is 38.8 Å². The van der Waals surface area contributed by atoms with Gasteiger partial charge in [0.15, 0.2) is 0 Å². The number of carbonyl (C=O) groups excluding carboxylic acids is 1. The number of hydrogen-bond acceptors (Lipinski definition) is 2. The highest BCUT2D eigenvalue weighted by molar-refractivity contribution is 6.29. The van der Waals surface area contributed by atoms with Crippen molar-refractivity contribution in [2.75, 3.05) is 13.1 Å². The lowest BCUT2D eigenvalue weighted by Gasteiger charge is -2.26. The summed E-state index contributed by atoms with van der Waals surface area (Å²) in [4.78, 5) is 18.7. The zero-order valence-corrected chi connectivity index (χ0v) is 13.3. The summed E-state index contributed by atoms with van der Waals surface area (Å²) in [5.74, 6) is 0.0311. The smallest absolute Gasteiger partial charge is 0.254 e. The Balaban J connectivity index is 2.29. The molecule has 20 heavy (non-hydrogen) atoms. The molecule has 0 N–H and O–H groups in total. The summed E-state index contributed by atoms with van der Waals surface area (Å²) >= 11 is 6.07. The van der Waals surface area contributed by atoms with Gasteiger partial charge >= 0.3 is 0 Å². The molecule has 0 radical (unpaired) electrons. The maximum Gasteiger partial charge on any atom is 0.254 e. The van der Waals surface area contributed by atoms with E-state index in [0.717, 1.165) is 18.7 Å². The van der Waals surface area contributed by atoms with Gasteiger partial charge < -0.3 is 4.90 Å². The number of aromatic nitrogens is 1. The minimum atomic E-state index is -0.127. The highest BCUT2D eigenvalue weighted by Gasteiger charge is 2.22. The van der Waals surface area contributed by atoms with Crippen LogP contribution in [0, 0.1) is 0 Å². The predicted molar refractivity (Wildman–Crippen MR) is 82.2 cm³/mol. The number of amides is 1. The molecule has 1 amide bonds. The SMILES string of the molecule is CC1=CCN(C(=O)c2cc(Cl)nc(C(C)(C)C)c2)CC1. The summed E-state index contributed by atoms with van der Waals surface area (Å²) in [5.41, 5.74) is 2.69. The van der Waals surface area contributed by atoms with Crippen LogP contribution < -0.4 is 0 Å². The van der Waals surface area contributed by atoms with Gasteiger partial charge in [-0.15, -0.1) is 0 Å². The standard InChI is InChI=1S/C16H21ClN2O/c1-11-5-7-19(8-6-11)15(20)12-9-13(16(2,3)4)18-14(17)10-12/h5,9-10H,6-8H2,1-4H3. The van der Waals surface area contributed by atoms with Crippen molar-refractivity contribution in [3.05, 3.63) is 40.2 Å². The summed E-state index contributed by atoms with van der Waals surface area (Å²) in [6, 6.07) is 3.52. The number of carbonyl (C=O) groups is 1. The second kappa shape index (κ2) is 5.57. The second-order valence-corrected chi connectivity index (χ2v) is 6.75. The van der Waals surface area contributed by atoms with E-state index in [0.29, 0.717) is 17.3 Å². The highest BCUT2D eigenvalue weighted by Crippen LogP contribution is 2.24. The molecule has 0 aliphatic carbocycles. The Morgan fingerprint density at radius 3 is 2.60 bits per heavy atom. The summed E-state index contributed by atoms with van der Waals surface area (Å²) in [5, 5.41) is 0.379. The van der Waals surface area contributed by atoms with Gasteiger partial charge in [0.2, 0.25) is 0 Å². The van der Waals surface area contributed by atoms with Crippen LogP contribution in [-0.4, -0.2) is 28.9 Å². The number of halogens is 1. The Hall–Kier alpha value is -1.35. The largest absolute Gasteiger partial charge is 0.335 e. The summed E-state index contributed by atoms with van der Waals surface area (Å²) in [6.07, 6.45) is 3.05. The van der Waals surface area contributed by atoms with Crippen LogP contribution in [0.5, 0.6) is 0 Å². The van der Waals surface area contributed by atoms with Crippen LogP contribution >= 0.6 is 11.6 Å². The van der Waals surface area contributed by atoms with Crippen LogP contribution in [0.1, 0.15) is 50.2 Å². The average Bonchev–Trinajstić information content (AvgIpc) is 2.37. The summed E-state index contributed by atoms with van der Waals surface area (Å²) < 4.78 is 0. The molecule has 4 heteroatoms. The van der Waals surface area contributed by atoms with E-state index in [-0.39, 0.29) is 11.3 Å². The van der Waals surface area contributed by atoms with Crippen molar-refractivity contribution in [2.45, 2.75) is 39.5 Å². The molecule has 1 aromatic heterocycles. The first-order chi connectivity index (χ1) is 9.27. The lowest BCUT2D eigenvalue weighted by molar-refractivity contribution is 0.0768. The molecule has 2 heterocycles. The molecule has 0 saturated heterocycles. The van der Waals surface area contributed by atoms with Crippen LogP contribution in [0.2, 0.25) is 5.15 Å². The molecule has 3 nitrogen and oxygen atoms in total. The first kappa shape index (κ1) is 15.0. The summed E-state index contributed by atoms with van der Waals surface area (Å²) in [6.45, 7) is 9.73. The minimum Gasteiger partial charge on any atom is -0.335 e. The predicted octanol–water partition coefficient (Wildman–Crippen LogP) is 3.82. The monoisotopic (exact) mass is 292 g/mol. The quantitative estimate of drug-likeness (QED) is 0.582. The Morgan fingerprint density at radius 2 is 2.05 bits per heavy atom. The average molecular weight is 293 g/mol. The van der Waals surface area contributed by atoms with Gasteiger partial charge in [-0.1, -0.05) is 44.0 Å². The van der Waals surface area contributed by atoms with E-state index in [1.54, 1.807) is 6.07 Å². The lowest BCUT2D eigenvalue weighted by atomic mass is 9.90. The fourth-order valence-corrected chi connectivity index (χ4v) is 2.35. The first-order valence-electron chi connectivity index (χ1n) is 6.90. The van der Waals surface area contributed by atoms with Gasteiger partial charge in [0.1, 0.15) is 5.15 Å². The molecule has 108 valence electrons. The molecule has 1 aromatic rings. The topological polar surface area (TPSA) is 33.2 Å². The molecule has 0 spiro atoms. The van der Waals surface area contributed by atoms with Crippen molar-refractivity contribution in [3.8, 4) is 0 Å². The van der Waals surface area contributed by atoms with Crippen molar-refractivity contribution < 1.29 is 4.79 Å². The van der Waals surface area contributed by atoms with Crippen LogP contribution in [0.15, 0.2) is 23.8 Å². The maximum atomic E-state index is 12.5. The van der Waals surface area contributed by atoms with Gasteiger partial charge in [0.05, 0.1) is 0 Å². The zero-order chi connectivity index (χ0) is 14.9. The number of pyridine rings is 1. The van der Waals surface area contributed by atoms with Crippen molar-refractivity contribution >= 4 is 17.5 Å². The van der Waals surface area contributed by atoms with E-state index in [1.165, 1.54) is 5.57 Å². The highest BCUT2D eigenvalue weighted by atomic mass is 35.5. The molecule has 0 bridgehead atoms. The van der Waals surface area contributed by atoms with Crippen molar-refractivity contribution in [3.63, 3.8) is 0 Å². The van der Waals surface area contributed by atoms with E-state index < -0.39 is 0 Å². The fraction of sp³-hybridized carbons (Fsp3) is 0.500. The van der Waals surface area contributed by atoms with E-state index in [1.807, 2.05) is 11.0 Å². The van der Waals surface area contributed by atoms with Crippen molar-refractivity contribution in [1.82, 2.24) is 9.88 Å². The lowest BCUT2D eigenvalue weighted by Crippen LogP contribution is -2.34.